The smallest absolute Gasteiger partial charge is 0.407 e. The van der Waals surface area contributed by atoms with Gasteiger partial charge in [0.2, 0.25) is 5.95 Å². The number of amides is 1. The molecule has 2 saturated heterocycles. The molecule has 4 atom stereocenters. The van der Waals surface area contributed by atoms with Gasteiger partial charge in [-0.3, -0.25) is 9.36 Å². The number of fused-ring (bicyclic) bond motifs is 2. The number of carbonyl (C=O) groups excluding carboxylic acids is 1. The highest BCUT2D eigenvalue weighted by Crippen LogP contribution is 2.63. The third-order valence-corrected chi connectivity index (χ3v) is 10.0. The molecule has 1 aliphatic carbocycles. The SMILES string of the molecule is Cc1cc(C2(CNC(=O)OCc3ccccc3)C3CCN(c4nc5c(c(I)nn5C5CCCCO5)c(=O)n4C)CC32)no1. The summed E-state index contributed by atoms with van der Waals surface area (Å²) in [6.45, 7) is 4.51. The number of nitrogens with one attached hydrogen (secondary N) is 1. The van der Waals surface area contributed by atoms with Gasteiger partial charge in [-0.2, -0.15) is 10.1 Å². The first-order valence-electron chi connectivity index (χ1n) is 14.8. The Morgan fingerprint density at radius 2 is 2.05 bits per heavy atom. The average Bonchev–Trinajstić information content (AvgIpc) is 3.24. The van der Waals surface area contributed by atoms with Gasteiger partial charge in [0.1, 0.15) is 21.5 Å². The molecule has 4 unspecified atom stereocenters. The summed E-state index contributed by atoms with van der Waals surface area (Å²) in [6.07, 6.45) is 3.08. The second-order valence-corrected chi connectivity index (χ2v) is 12.8. The number of hydrogen-bond acceptors (Lipinski definition) is 9. The summed E-state index contributed by atoms with van der Waals surface area (Å²) in [4.78, 5) is 33.6. The van der Waals surface area contributed by atoms with E-state index >= 15 is 0 Å². The van der Waals surface area contributed by atoms with Crippen LogP contribution in [0.2, 0.25) is 0 Å². The van der Waals surface area contributed by atoms with Gasteiger partial charge in [0, 0.05) is 44.8 Å². The fourth-order valence-corrected chi connectivity index (χ4v) is 7.69. The van der Waals surface area contributed by atoms with Gasteiger partial charge in [0.25, 0.3) is 5.56 Å². The van der Waals surface area contributed by atoms with Crippen LogP contribution in [0.4, 0.5) is 10.7 Å². The minimum atomic E-state index is -0.466. The first-order valence-corrected chi connectivity index (χ1v) is 15.8. The number of anilines is 1. The number of aryl methyl sites for hydroxylation is 1. The van der Waals surface area contributed by atoms with Crippen LogP contribution in [0.5, 0.6) is 0 Å². The predicted octanol–water partition coefficient (Wildman–Crippen LogP) is 4.05. The Balaban J connectivity index is 1.14. The number of halogens is 1. The zero-order valence-electron chi connectivity index (χ0n) is 24.2. The Morgan fingerprint density at radius 3 is 2.79 bits per heavy atom. The third kappa shape index (κ3) is 4.99. The maximum Gasteiger partial charge on any atom is 0.407 e. The summed E-state index contributed by atoms with van der Waals surface area (Å²) in [5.41, 5.74) is 1.81. The molecule has 2 aliphatic heterocycles. The molecule has 0 spiro atoms. The molecule has 3 fully saturated rings. The number of piperidine rings is 1. The highest BCUT2D eigenvalue weighted by molar-refractivity contribution is 14.1. The van der Waals surface area contributed by atoms with Crippen molar-refractivity contribution in [3.8, 4) is 0 Å². The average molecular weight is 700 g/mol. The summed E-state index contributed by atoms with van der Waals surface area (Å²) < 4.78 is 21.0. The molecular formula is C30H34IN7O5. The van der Waals surface area contributed by atoms with Gasteiger partial charge in [0.15, 0.2) is 11.9 Å². The second kappa shape index (κ2) is 11.2. The normalized spacial score (nSPS) is 25.0. The lowest BCUT2D eigenvalue weighted by molar-refractivity contribution is -0.0372. The Hall–Kier alpha value is -3.46. The first-order chi connectivity index (χ1) is 20.9. The van der Waals surface area contributed by atoms with E-state index in [9.17, 15) is 9.59 Å². The Bertz CT molecular complexity index is 1710. The summed E-state index contributed by atoms with van der Waals surface area (Å²) in [5, 5.41) is 12.6. The van der Waals surface area contributed by atoms with Gasteiger partial charge in [0.05, 0.1) is 5.69 Å². The topological polar surface area (TPSA) is 130 Å². The third-order valence-electron chi connectivity index (χ3n) is 9.25. The maximum absolute atomic E-state index is 13.6. The van der Waals surface area contributed by atoms with Gasteiger partial charge >= 0.3 is 6.09 Å². The fraction of sp³-hybridized carbons (Fsp3) is 0.500. The molecule has 7 rings (SSSR count). The minimum absolute atomic E-state index is 0.120. The molecule has 0 radical (unpaired) electrons. The number of nitrogens with zero attached hydrogens (tertiary/aromatic N) is 6. The molecule has 5 heterocycles. The van der Waals surface area contributed by atoms with Crippen LogP contribution in [0.15, 0.2) is 45.7 Å². The van der Waals surface area contributed by atoms with E-state index in [4.69, 9.17) is 19.0 Å². The summed E-state index contributed by atoms with van der Waals surface area (Å²) in [5.74, 6) is 1.81. The van der Waals surface area contributed by atoms with Crippen LogP contribution in [-0.4, -0.2) is 56.8 Å². The minimum Gasteiger partial charge on any atom is -0.445 e. The first kappa shape index (κ1) is 28.3. The van der Waals surface area contributed by atoms with Crippen molar-refractivity contribution in [1.29, 1.82) is 0 Å². The van der Waals surface area contributed by atoms with E-state index in [2.05, 4.69) is 43.1 Å². The number of carbonyl (C=O) groups is 1. The van der Waals surface area contributed by atoms with E-state index in [-0.39, 0.29) is 24.3 Å². The lowest BCUT2D eigenvalue weighted by atomic mass is 9.96. The Labute approximate surface area is 261 Å². The number of hydrogen-bond donors (Lipinski definition) is 1. The lowest BCUT2D eigenvalue weighted by Crippen LogP contribution is -2.38. The molecular weight excluding hydrogens is 665 g/mol. The zero-order chi connectivity index (χ0) is 29.7. The van der Waals surface area contributed by atoms with Crippen molar-refractivity contribution in [2.45, 2.75) is 50.9 Å². The van der Waals surface area contributed by atoms with Crippen molar-refractivity contribution in [2.24, 2.45) is 18.9 Å². The summed E-state index contributed by atoms with van der Waals surface area (Å²) in [7, 11) is 1.77. The van der Waals surface area contributed by atoms with E-state index in [1.165, 1.54) is 0 Å². The predicted molar refractivity (Wildman–Crippen MR) is 166 cm³/mol. The molecule has 12 nitrogen and oxygen atoms in total. The molecule has 1 saturated carbocycles. The number of ether oxygens (including phenoxy) is 2. The van der Waals surface area contributed by atoms with Gasteiger partial charge in [-0.1, -0.05) is 35.5 Å². The van der Waals surface area contributed by atoms with Gasteiger partial charge in [-0.25, -0.2) is 9.48 Å². The largest absolute Gasteiger partial charge is 0.445 e. The van der Waals surface area contributed by atoms with E-state index < -0.39 is 11.5 Å². The molecule has 1 aromatic carbocycles. The van der Waals surface area contributed by atoms with Crippen molar-refractivity contribution < 1.29 is 18.8 Å². The molecule has 1 amide bonds. The van der Waals surface area contributed by atoms with Crippen LogP contribution >= 0.6 is 22.6 Å². The van der Waals surface area contributed by atoms with Gasteiger partial charge in [-0.15, -0.1) is 0 Å². The standard InChI is InChI=1S/C30H34IN7O5/c1-18-14-22(35-43-18)30(17-32-29(40)42-16-19-8-4-3-5-9-19)20-11-12-37(15-21(20)30)28-33-26-24(27(39)36(28)2)25(31)34-38(26)23-10-6-7-13-41-23/h3-5,8-9,14,20-21,23H,6-7,10-13,15-17H2,1-2H3,(H,32,40). The number of benzene rings is 1. The number of aromatic nitrogens is 5. The number of alkyl carbamates (subject to hydrolysis) is 1. The van der Waals surface area contributed by atoms with Gasteiger partial charge in [-0.05, 0) is 72.6 Å². The maximum atomic E-state index is 13.6. The van der Waals surface area contributed by atoms with Crippen LogP contribution < -0.4 is 15.8 Å². The Morgan fingerprint density at radius 1 is 1.21 bits per heavy atom. The Kier molecular flexibility index (Phi) is 7.40. The van der Waals surface area contributed by atoms with Crippen molar-refractivity contribution in [2.75, 3.05) is 31.1 Å². The monoisotopic (exact) mass is 699 g/mol. The molecule has 4 aromatic rings. The van der Waals surface area contributed by atoms with E-state index in [0.717, 1.165) is 49.2 Å². The van der Waals surface area contributed by atoms with Crippen LogP contribution in [0.3, 0.4) is 0 Å². The molecule has 0 bridgehead atoms. The van der Waals surface area contributed by atoms with Crippen molar-refractivity contribution in [1.82, 2.24) is 29.8 Å². The van der Waals surface area contributed by atoms with E-state index in [0.29, 0.717) is 46.3 Å². The van der Waals surface area contributed by atoms with Crippen molar-refractivity contribution in [3.05, 3.63) is 67.5 Å². The molecule has 226 valence electrons. The van der Waals surface area contributed by atoms with Crippen LogP contribution in [0, 0.1) is 22.5 Å². The van der Waals surface area contributed by atoms with Crippen LogP contribution in [0.1, 0.15) is 48.9 Å². The van der Waals surface area contributed by atoms with Crippen molar-refractivity contribution >= 4 is 45.7 Å². The molecule has 1 N–H and O–H groups in total. The zero-order valence-corrected chi connectivity index (χ0v) is 26.3. The highest BCUT2D eigenvalue weighted by atomic mass is 127. The fourth-order valence-electron chi connectivity index (χ4n) is 6.99. The number of rotatable bonds is 7. The quantitative estimate of drug-likeness (QED) is 0.284. The van der Waals surface area contributed by atoms with E-state index in [1.54, 1.807) is 16.3 Å². The molecule has 13 heteroatoms. The van der Waals surface area contributed by atoms with Crippen LogP contribution in [0.25, 0.3) is 11.0 Å². The van der Waals surface area contributed by atoms with Crippen LogP contribution in [-0.2, 0) is 28.5 Å². The molecule has 3 aromatic heterocycles. The highest BCUT2D eigenvalue weighted by Gasteiger charge is 2.68. The molecule has 3 aliphatic rings. The van der Waals surface area contributed by atoms with Gasteiger partial charge < -0.3 is 24.2 Å². The second-order valence-electron chi connectivity index (χ2n) is 11.8. The van der Waals surface area contributed by atoms with E-state index in [1.807, 2.05) is 43.3 Å². The summed E-state index contributed by atoms with van der Waals surface area (Å²) >= 11 is 2.11. The molecule has 43 heavy (non-hydrogen) atoms. The summed E-state index contributed by atoms with van der Waals surface area (Å²) in [6, 6.07) is 11.6. The lowest BCUT2D eigenvalue weighted by Gasteiger charge is -2.29. The van der Waals surface area contributed by atoms with Crippen molar-refractivity contribution in [3.63, 3.8) is 0 Å².